The smallest absolute Gasteiger partial charge is 0.0551 e. The van der Waals surface area contributed by atoms with Gasteiger partial charge < -0.3 is 10.1 Å². The van der Waals surface area contributed by atoms with E-state index in [9.17, 15) is 0 Å². The van der Waals surface area contributed by atoms with E-state index in [2.05, 4.69) is 32.7 Å². The Morgan fingerprint density at radius 2 is 2.27 bits per heavy atom. The molecule has 0 bridgehead atoms. The lowest BCUT2D eigenvalue weighted by Gasteiger charge is -2.24. The van der Waals surface area contributed by atoms with E-state index in [-0.39, 0.29) is 0 Å². The highest BCUT2D eigenvalue weighted by molar-refractivity contribution is 4.99. The summed E-state index contributed by atoms with van der Waals surface area (Å²) in [6.07, 6.45) is 3.82. The molecule has 0 amide bonds. The minimum atomic E-state index is 0.436. The van der Waals surface area contributed by atoms with Crippen molar-refractivity contribution in [3.8, 4) is 0 Å². The van der Waals surface area contributed by atoms with Gasteiger partial charge in [0.2, 0.25) is 0 Å². The fourth-order valence-corrected chi connectivity index (χ4v) is 2.25. The van der Waals surface area contributed by atoms with Gasteiger partial charge in [-0.15, -0.1) is 0 Å². The SMILES string of the molecule is C=C(CC)CC(NCC)C1COC(C)C1. The van der Waals surface area contributed by atoms with Gasteiger partial charge in [-0.05, 0) is 32.7 Å². The van der Waals surface area contributed by atoms with E-state index in [4.69, 9.17) is 4.74 Å². The summed E-state index contributed by atoms with van der Waals surface area (Å²) in [5.74, 6) is 0.670. The second-order valence-corrected chi connectivity index (χ2v) is 4.61. The van der Waals surface area contributed by atoms with Crippen molar-refractivity contribution in [2.45, 2.75) is 52.2 Å². The molecule has 3 unspecified atom stereocenters. The second-order valence-electron chi connectivity index (χ2n) is 4.61. The number of ether oxygens (including phenoxy) is 1. The summed E-state index contributed by atoms with van der Waals surface area (Å²) in [6, 6.07) is 0.562. The van der Waals surface area contributed by atoms with Crippen LogP contribution in [0.5, 0.6) is 0 Å². The molecule has 0 aromatic heterocycles. The lowest BCUT2D eigenvalue weighted by atomic mass is 9.91. The van der Waals surface area contributed by atoms with Crippen molar-refractivity contribution in [2.75, 3.05) is 13.2 Å². The Morgan fingerprint density at radius 1 is 1.53 bits per heavy atom. The molecule has 1 aliphatic heterocycles. The Kier molecular flexibility index (Phi) is 5.34. The highest BCUT2D eigenvalue weighted by Crippen LogP contribution is 2.25. The van der Waals surface area contributed by atoms with Gasteiger partial charge in [0, 0.05) is 12.0 Å². The fraction of sp³-hybridized carbons (Fsp3) is 0.846. The van der Waals surface area contributed by atoms with Crippen LogP contribution in [0.2, 0.25) is 0 Å². The molecule has 1 aliphatic rings. The second kappa shape index (κ2) is 6.29. The van der Waals surface area contributed by atoms with Crippen LogP contribution in [0.15, 0.2) is 12.2 Å². The Hall–Kier alpha value is -0.340. The summed E-state index contributed by atoms with van der Waals surface area (Å²) in [7, 11) is 0. The number of nitrogens with one attached hydrogen (secondary N) is 1. The molecule has 1 saturated heterocycles. The minimum absolute atomic E-state index is 0.436. The molecule has 15 heavy (non-hydrogen) atoms. The summed E-state index contributed by atoms with van der Waals surface area (Å²) >= 11 is 0. The first-order chi connectivity index (χ1) is 7.17. The lowest BCUT2D eigenvalue weighted by molar-refractivity contribution is 0.117. The topological polar surface area (TPSA) is 21.3 Å². The van der Waals surface area contributed by atoms with Crippen LogP contribution in [-0.4, -0.2) is 25.3 Å². The maximum absolute atomic E-state index is 5.64. The predicted octanol–water partition coefficient (Wildman–Crippen LogP) is 2.75. The largest absolute Gasteiger partial charge is 0.378 e. The van der Waals surface area contributed by atoms with E-state index in [0.29, 0.717) is 18.1 Å². The first-order valence-electron chi connectivity index (χ1n) is 6.19. The summed E-state index contributed by atoms with van der Waals surface area (Å²) in [6.45, 7) is 12.6. The van der Waals surface area contributed by atoms with E-state index in [0.717, 1.165) is 26.0 Å². The van der Waals surface area contributed by atoms with Crippen LogP contribution >= 0.6 is 0 Å². The van der Waals surface area contributed by atoms with Crippen molar-refractivity contribution in [3.05, 3.63) is 12.2 Å². The van der Waals surface area contributed by atoms with E-state index in [1.54, 1.807) is 0 Å². The zero-order valence-corrected chi connectivity index (χ0v) is 10.4. The molecule has 1 N–H and O–H groups in total. The Bertz CT molecular complexity index is 203. The molecule has 2 nitrogen and oxygen atoms in total. The average molecular weight is 211 g/mol. The number of rotatable bonds is 6. The van der Waals surface area contributed by atoms with Crippen molar-refractivity contribution < 1.29 is 4.74 Å². The molecule has 0 aromatic carbocycles. The molecule has 88 valence electrons. The van der Waals surface area contributed by atoms with E-state index in [1.165, 1.54) is 12.0 Å². The van der Waals surface area contributed by atoms with Gasteiger partial charge in [0.1, 0.15) is 0 Å². The molecule has 1 rings (SSSR count). The van der Waals surface area contributed by atoms with Crippen LogP contribution in [0.25, 0.3) is 0 Å². The summed E-state index contributed by atoms with van der Waals surface area (Å²) in [5, 5.41) is 3.57. The van der Waals surface area contributed by atoms with Gasteiger partial charge in [0.05, 0.1) is 12.7 Å². The highest BCUT2D eigenvalue weighted by Gasteiger charge is 2.28. The van der Waals surface area contributed by atoms with Gasteiger partial charge in [0.15, 0.2) is 0 Å². The van der Waals surface area contributed by atoms with Crippen LogP contribution < -0.4 is 5.32 Å². The van der Waals surface area contributed by atoms with Gasteiger partial charge in [-0.3, -0.25) is 0 Å². The molecule has 0 spiro atoms. The van der Waals surface area contributed by atoms with Gasteiger partial charge >= 0.3 is 0 Å². The standard InChI is InChI=1S/C13H25NO/c1-5-10(3)7-13(14-6-2)12-8-11(4)15-9-12/h11-14H,3,5-9H2,1-2,4H3. The quantitative estimate of drug-likeness (QED) is 0.682. The summed E-state index contributed by atoms with van der Waals surface area (Å²) in [4.78, 5) is 0. The van der Waals surface area contributed by atoms with Crippen LogP contribution in [0.4, 0.5) is 0 Å². The Balaban J connectivity index is 2.45. The molecule has 3 atom stereocenters. The molecular weight excluding hydrogens is 186 g/mol. The molecule has 0 saturated carbocycles. The molecule has 1 heterocycles. The molecule has 2 heteroatoms. The van der Waals surface area contributed by atoms with Crippen molar-refractivity contribution in [2.24, 2.45) is 5.92 Å². The maximum Gasteiger partial charge on any atom is 0.0551 e. The molecule has 0 radical (unpaired) electrons. The first kappa shape index (κ1) is 12.7. The number of hydrogen-bond acceptors (Lipinski definition) is 2. The van der Waals surface area contributed by atoms with Gasteiger partial charge in [-0.25, -0.2) is 0 Å². The summed E-state index contributed by atoms with van der Waals surface area (Å²) < 4.78 is 5.64. The summed E-state index contributed by atoms with van der Waals surface area (Å²) in [5.41, 5.74) is 1.35. The van der Waals surface area contributed by atoms with E-state index in [1.807, 2.05) is 0 Å². The third kappa shape index (κ3) is 3.96. The van der Waals surface area contributed by atoms with Crippen LogP contribution in [-0.2, 0) is 4.74 Å². The van der Waals surface area contributed by atoms with E-state index < -0.39 is 0 Å². The molecular formula is C13H25NO. The zero-order valence-electron chi connectivity index (χ0n) is 10.4. The van der Waals surface area contributed by atoms with E-state index >= 15 is 0 Å². The monoisotopic (exact) mass is 211 g/mol. The van der Waals surface area contributed by atoms with Gasteiger partial charge in [0.25, 0.3) is 0 Å². The third-order valence-corrected chi connectivity index (χ3v) is 3.27. The highest BCUT2D eigenvalue weighted by atomic mass is 16.5. The molecule has 1 fully saturated rings. The van der Waals surface area contributed by atoms with Crippen LogP contribution in [0.1, 0.15) is 40.0 Å². The lowest BCUT2D eigenvalue weighted by Crippen LogP contribution is -2.36. The third-order valence-electron chi connectivity index (χ3n) is 3.27. The van der Waals surface area contributed by atoms with Crippen LogP contribution in [0.3, 0.4) is 0 Å². The molecule has 0 aliphatic carbocycles. The predicted molar refractivity (Wildman–Crippen MR) is 65.0 cm³/mol. The number of hydrogen-bond donors (Lipinski definition) is 1. The first-order valence-corrected chi connectivity index (χ1v) is 6.19. The maximum atomic E-state index is 5.64. The fourth-order valence-electron chi connectivity index (χ4n) is 2.25. The minimum Gasteiger partial charge on any atom is -0.378 e. The normalized spacial score (nSPS) is 27.9. The van der Waals surface area contributed by atoms with Gasteiger partial charge in [-0.1, -0.05) is 26.0 Å². The van der Waals surface area contributed by atoms with Crippen molar-refractivity contribution in [3.63, 3.8) is 0 Å². The zero-order chi connectivity index (χ0) is 11.3. The van der Waals surface area contributed by atoms with Crippen molar-refractivity contribution in [1.82, 2.24) is 5.32 Å². The van der Waals surface area contributed by atoms with Crippen molar-refractivity contribution in [1.29, 1.82) is 0 Å². The average Bonchev–Trinajstić information content (AvgIpc) is 2.64. The Labute approximate surface area is 94.1 Å². The van der Waals surface area contributed by atoms with Gasteiger partial charge in [-0.2, -0.15) is 0 Å². The van der Waals surface area contributed by atoms with Crippen LogP contribution in [0, 0.1) is 5.92 Å². The Morgan fingerprint density at radius 3 is 2.73 bits per heavy atom. The van der Waals surface area contributed by atoms with Crippen molar-refractivity contribution >= 4 is 0 Å². The molecule has 0 aromatic rings.